The molecule has 2 aromatic rings. The molecule has 0 heterocycles. The molecule has 1 N–H and O–H groups in total. The number of nitrogens with one attached hydrogen (secondary N) is 1. The minimum Gasteiger partial charge on any atom is -0.495 e. The van der Waals surface area contributed by atoms with Crippen molar-refractivity contribution in [3.63, 3.8) is 0 Å². The fraction of sp³-hybridized carbons (Fsp3) is 0.235. The molecule has 0 aliphatic heterocycles. The minimum absolute atomic E-state index is 0.0472. The van der Waals surface area contributed by atoms with Crippen LogP contribution in [-0.2, 0) is 4.79 Å². The molecule has 0 radical (unpaired) electrons. The van der Waals surface area contributed by atoms with Crippen molar-refractivity contribution in [3.8, 4) is 5.75 Å². The molecule has 0 bridgehead atoms. The highest BCUT2D eigenvalue weighted by molar-refractivity contribution is 8.00. The van der Waals surface area contributed by atoms with E-state index in [1.54, 1.807) is 37.1 Å². The fourth-order valence-corrected chi connectivity index (χ4v) is 3.04. The number of carbonyl (C=O) groups excluding carboxylic acids is 1. The van der Waals surface area contributed by atoms with Crippen LogP contribution >= 0.6 is 23.4 Å². The number of methoxy groups -OCH3 is 1. The van der Waals surface area contributed by atoms with Crippen molar-refractivity contribution in [2.24, 2.45) is 0 Å². The number of hydrogen-bond donors (Lipinski definition) is 1. The number of amides is 1. The molecule has 0 aromatic heterocycles. The van der Waals surface area contributed by atoms with Gasteiger partial charge in [0.1, 0.15) is 5.75 Å². The summed E-state index contributed by atoms with van der Waals surface area (Å²) in [4.78, 5) is 12.0. The highest BCUT2D eigenvalue weighted by atomic mass is 35.5. The average molecular weight is 336 g/mol. The van der Waals surface area contributed by atoms with Crippen LogP contribution in [0.25, 0.3) is 0 Å². The second kappa shape index (κ2) is 8.11. The average Bonchev–Trinajstić information content (AvgIpc) is 2.53. The van der Waals surface area contributed by atoms with E-state index in [4.69, 9.17) is 16.3 Å². The number of halogens is 1. The molecule has 3 nitrogen and oxygen atoms in total. The minimum atomic E-state index is -0.0472. The zero-order valence-electron chi connectivity index (χ0n) is 12.5. The standard InChI is InChI=1S/C17H18ClNO2S/c1-12(13-6-4-3-5-7-13)22-11-17(20)19-14-8-9-16(21-2)15(18)10-14/h3-10,12H,11H2,1-2H3,(H,19,20)/t12-/m0/s1. The van der Waals surface area contributed by atoms with Gasteiger partial charge >= 0.3 is 0 Å². The molecule has 0 saturated carbocycles. The van der Waals surface area contributed by atoms with Gasteiger partial charge in [0.15, 0.2) is 0 Å². The third-order valence-corrected chi connectivity index (χ3v) is 4.67. The monoisotopic (exact) mass is 335 g/mol. The molecular weight excluding hydrogens is 318 g/mol. The van der Waals surface area contributed by atoms with Gasteiger partial charge in [0.2, 0.25) is 5.91 Å². The van der Waals surface area contributed by atoms with Crippen LogP contribution in [0.3, 0.4) is 0 Å². The number of benzene rings is 2. The van der Waals surface area contributed by atoms with Crippen LogP contribution in [0.5, 0.6) is 5.75 Å². The third kappa shape index (κ3) is 4.68. The number of hydrogen-bond acceptors (Lipinski definition) is 3. The van der Waals surface area contributed by atoms with Crippen molar-refractivity contribution in [1.29, 1.82) is 0 Å². The third-order valence-electron chi connectivity index (χ3n) is 3.17. The maximum absolute atomic E-state index is 12.0. The van der Waals surface area contributed by atoms with Crippen LogP contribution in [0.4, 0.5) is 5.69 Å². The van der Waals surface area contributed by atoms with Crippen molar-refractivity contribution >= 4 is 35.0 Å². The fourth-order valence-electron chi connectivity index (χ4n) is 1.96. The summed E-state index contributed by atoms with van der Waals surface area (Å²) in [6, 6.07) is 15.3. The summed E-state index contributed by atoms with van der Waals surface area (Å²) in [5.41, 5.74) is 1.89. The van der Waals surface area contributed by atoms with Gasteiger partial charge in [-0.15, -0.1) is 11.8 Å². The Bertz CT molecular complexity index is 634. The van der Waals surface area contributed by atoms with Gasteiger partial charge in [-0.25, -0.2) is 0 Å². The van der Waals surface area contributed by atoms with Crippen molar-refractivity contribution in [3.05, 3.63) is 59.1 Å². The molecule has 5 heteroatoms. The quantitative estimate of drug-likeness (QED) is 0.825. The molecule has 0 unspecified atom stereocenters. The van der Waals surface area contributed by atoms with Gasteiger partial charge in [-0.3, -0.25) is 4.79 Å². The van der Waals surface area contributed by atoms with Gasteiger partial charge in [-0.05, 0) is 30.7 Å². The number of rotatable bonds is 6. The number of anilines is 1. The predicted octanol–water partition coefficient (Wildman–Crippen LogP) is 4.78. The normalized spacial score (nSPS) is 11.8. The van der Waals surface area contributed by atoms with E-state index in [-0.39, 0.29) is 11.2 Å². The first-order valence-corrected chi connectivity index (χ1v) is 8.32. The van der Waals surface area contributed by atoms with Gasteiger partial charge < -0.3 is 10.1 Å². The molecule has 0 aliphatic rings. The molecule has 2 rings (SSSR count). The topological polar surface area (TPSA) is 38.3 Å². The second-order valence-corrected chi connectivity index (χ2v) is 6.50. The van der Waals surface area contributed by atoms with Crippen LogP contribution in [0.15, 0.2) is 48.5 Å². The first kappa shape index (κ1) is 16.7. The lowest BCUT2D eigenvalue weighted by Gasteiger charge is -2.12. The lowest BCUT2D eigenvalue weighted by Crippen LogP contribution is -2.14. The Morgan fingerprint density at radius 2 is 2.00 bits per heavy atom. The number of carbonyl (C=O) groups is 1. The van der Waals surface area contributed by atoms with Crippen LogP contribution in [0.1, 0.15) is 17.7 Å². The van der Waals surface area contributed by atoms with Gasteiger partial charge in [-0.1, -0.05) is 41.9 Å². The Morgan fingerprint density at radius 3 is 2.64 bits per heavy atom. The molecule has 1 amide bonds. The summed E-state index contributed by atoms with van der Waals surface area (Å²) in [5, 5.41) is 3.59. The Labute approximate surface area is 140 Å². The van der Waals surface area contributed by atoms with E-state index in [0.29, 0.717) is 22.2 Å². The van der Waals surface area contributed by atoms with Crippen LogP contribution in [0, 0.1) is 0 Å². The summed E-state index contributed by atoms with van der Waals surface area (Å²) in [7, 11) is 1.56. The smallest absolute Gasteiger partial charge is 0.234 e. The summed E-state index contributed by atoms with van der Waals surface area (Å²) in [6.07, 6.45) is 0. The lowest BCUT2D eigenvalue weighted by atomic mass is 10.2. The molecule has 0 aliphatic carbocycles. The van der Waals surface area contributed by atoms with Crippen molar-refractivity contribution in [2.45, 2.75) is 12.2 Å². The highest BCUT2D eigenvalue weighted by Gasteiger charge is 2.10. The Balaban J connectivity index is 1.87. The van der Waals surface area contributed by atoms with E-state index in [0.717, 1.165) is 0 Å². The molecule has 0 fully saturated rings. The second-order valence-electron chi connectivity index (χ2n) is 4.76. The van der Waals surface area contributed by atoms with Crippen LogP contribution in [0.2, 0.25) is 5.02 Å². The largest absolute Gasteiger partial charge is 0.495 e. The molecule has 1 atom stereocenters. The Kier molecular flexibility index (Phi) is 6.16. The molecule has 2 aromatic carbocycles. The number of ether oxygens (including phenoxy) is 1. The lowest BCUT2D eigenvalue weighted by molar-refractivity contribution is -0.113. The Morgan fingerprint density at radius 1 is 1.27 bits per heavy atom. The number of thioether (sulfide) groups is 1. The first-order chi connectivity index (χ1) is 10.6. The highest BCUT2D eigenvalue weighted by Crippen LogP contribution is 2.29. The predicted molar refractivity (Wildman–Crippen MR) is 93.9 cm³/mol. The van der Waals surface area contributed by atoms with E-state index in [2.05, 4.69) is 24.4 Å². The summed E-state index contributed by atoms with van der Waals surface area (Å²) in [5.74, 6) is 0.931. The van der Waals surface area contributed by atoms with E-state index < -0.39 is 0 Å². The van der Waals surface area contributed by atoms with Crippen LogP contribution in [-0.4, -0.2) is 18.8 Å². The summed E-state index contributed by atoms with van der Waals surface area (Å²) < 4.78 is 5.08. The maximum Gasteiger partial charge on any atom is 0.234 e. The molecule has 0 saturated heterocycles. The van der Waals surface area contributed by atoms with E-state index in [1.165, 1.54) is 5.56 Å². The van der Waals surface area contributed by atoms with E-state index in [1.807, 2.05) is 18.2 Å². The van der Waals surface area contributed by atoms with Gasteiger partial charge in [0.05, 0.1) is 17.9 Å². The summed E-state index contributed by atoms with van der Waals surface area (Å²) >= 11 is 7.64. The van der Waals surface area contributed by atoms with Crippen molar-refractivity contribution in [2.75, 3.05) is 18.2 Å². The van der Waals surface area contributed by atoms with Crippen molar-refractivity contribution in [1.82, 2.24) is 0 Å². The van der Waals surface area contributed by atoms with E-state index >= 15 is 0 Å². The molecular formula is C17H18ClNO2S. The van der Waals surface area contributed by atoms with Crippen molar-refractivity contribution < 1.29 is 9.53 Å². The summed E-state index contributed by atoms with van der Waals surface area (Å²) in [6.45, 7) is 2.09. The maximum atomic E-state index is 12.0. The SMILES string of the molecule is COc1ccc(NC(=O)CS[C@@H](C)c2ccccc2)cc1Cl. The van der Waals surface area contributed by atoms with Gasteiger partial charge in [0.25, 0.3) is 0 Å². The first-order valence-electron chi connectivity index (χ1n) is 6.90. The van der Waals surface area contributed by atoms with Gasteiger partial charge in [0, 0.05) is 10.9 Å². The molecule has 22 heavy (non-hydrogen) atoms. The zero-order valence-corrected chi connectivity index (χ0v) is 14.1. The zero-order chi connectivity index (χ0) is 15.9. The molecule has 116 valence electrons. The van der Waals surface area contributed by atoms with E-state index in [9.17, 15) is 4.79 Å². The molecule has 0 spiro atoms. The van der Waals surface area contributed by atoms with Crippen LogP contribution < -0.4 is 10.1 Å². The van der Waals surface area contributed by atoms with Gasteiger partial charge in [-0.2, -0.15) is 0 Å². The Hall–Kier alpha value is -1.65.